The molecule has 1 N–H and O–H groups in total. The second-order valence-corrected chi connectivity index (χ2v) is 8.46. The number of nitrogens with zero attached hydrogens (tertiary/aromatic N) is 2. The van der Waals surface area contributed by atoms with Gasteiger partial charge in [0.1, 0.15) is 5.75 Å². The van der Waals surface area contributed by atoms with Crippen LogP contribution in [0.15, 0.2) is 48.5 Å². The summed E-state index contributed by atoms with van der Waals surface area (Å²) in [7, 11) is 0. The number of rotatable bonds is 7. The first-order chi connectivity index (χ1) is 16.0. The van der Waals surface area contributed by atoms with Gasteiger partial charge in [-0.2, -0.15) is 0 Å². The predicted molar refractivity (Wildman–Crippen MR) is 123 cm³/mol. The molecule has 0 bridgehead atoms. The van der Waals surface area contributed by atoms with Crippen LogP contribution in [0.5, 0.6) is 5.75 Å². The topological polar surface area (TPSA) is 88.2 Å². The van der Waals surface area contributed by atoms with Crippen molar-refractivity contribution in [2.75, 3.05) is 44.4 Å². The van der Waals surface area contributed by atoms with E-state index in [1.165, 1.54) is 0 Å². The Morgan fingerprint density at radius 3 is 2.45 bits per heavy atom. The maximum absolute atomic E-state index is 12.6. The molecule has 0 unspecified atom stereocenters. The summed E-state index contributed by atoms with van der Waals surface area (Å²) >= 11 is 5.88. The normalized spacial score (nSPS) is 18.3. The van der Waals surface area contributed by atoms with E-state index < -0.39 is 5.92 Å². The van der Waals surface area contributed by atoms with Gasteiger partial charge in [0.2, 0.25) is 11.8 Å². The summed E-state index contributed by atoms with van der Waals surface area (Å²) in [6.45, 7) is 2.91. The predicted octanol–water partition coefficient (Wildman–Crippen LogP) is 2.25. The average Bonchev–Trinajstić information content (AvgIpc) is 3.24. The van der Waals surface area contributed by atoms with Gasteiger partial charge in [0.25, 0.3) is 5.91 Å². The molecule has 0 saturated carbocycles. The summed E-state index contributed by atoms with van der Waals surface area (Å²) in [5.41, 5.74) is 1.64. The van der Waals surface area contributed by atoms with Crippen LogP contribution < -0.4 is 15.0 Å². The smallest absolute Gasteiger partial charge is 0.260 e. The Morgan fingerprint density at radius 2 is 1.76 bits per heavy atom. The molecular formula is C24H26ClN3O5. The molecule has 4 rings (SSSR count). The van der Waals surface area contributed by atoms with Gasteiger partial charge in [-0.15, -0.1) is 0 Å². The van der Waals surface area contributed by atoms with Crippen molar-refractivity contribution < 1.29 is 23.9 Å². The summed E-state index contributed by atoms with van der Waals surface area (Å²) in [4.78, 5) is 40.6. The Hall–Kier alpha value is -3.10. The second kappa shape index (κ2) is 10.7. The SMILES string of the molecule is O=C(NCc1ccc(Cl)cc1)[C@H]1CC(=O)N(c2ccc(OCC(=O)N3CCOCC3)cc2)C1. The Balaban J connectivity index is 1.27. The highest BCUT2D eigenvalue weighted by atomic mass is 35.5. The number of hydrogen-bond donors (Lipinski definition) is 1. The number of carbonyl (C=O) groups excluding carboxylic acids is 3. The zero-order valence-corrected chi connectivity index (χ0v) is 18.9. The number of benzene rings is 2. The number of halogens is 1. The van der Waals surface area contributed by atoms with Crippen LogP contribution >= 0.6 is 11.6 Å². The Morgan fingerprint density at radius 1 is 1.06 bits per heavy atom. The van der Waals surface area contributed by atoms with Gasteiger partial charge in [0.15, 0.2) is 6.61 Å². The maximum atomic E-state index is 12.6. The minimum atomic E-state index is -0.410. The van der Waals surface area contributed by atoms with Crippen LogP contribution in [0.1, 0.15) is 12.0 Å². The van der Waals surface area contributed by atoms with Gasteiger partial charge >= 0.3 is 0 Å². The lowest BCUT2D eigenvalue weighted by atomic mass is 10.1. The van der Waals surface area contributed by atoms with Gasteiger partial charge in [0.05, 0.1) is 19.1 Å². The monoisotopic (exact) mass is 471 g/mol. The molecule has 2 aromatic rings. The summed E-state index contributed by atoms with van der Waals surface area (Å²) in [5, 5.41) is 3.53. The van der Waals surface area contributed by atoms with Crippen molar-refractivity contribution in [3.8, 4) is 5.75 Å². The third kappa shape index (κ3) is 6.03. The van der Waals surface area contributed by atoms with E-state index in [-0.39, 0.29) is 30.7 Å². The van der Waals surface area contributed by atoms with Crippen LogP contribution in [0.4, 0.5) is 5.69 Å². The molecule has 9 heteroatoms. The van der Waals surface area contributed by atoms with Crippen molar-refractivity contribution in [2.24, 2.45) is 5.92 Å². The summed E-state index contributed by atoms with van der Waals surface area (Å²) < 4.78 is 10.8. The van der Waals surface area contributed by atoms with Crippen molar-refractivity contribution >= 4 is 35.0 Å². The molecule has 2 aliphatic heterocycles. The third-order valence-corrected chi connectivity index (χ3v) is 6.00. The van der Waals surface area contributed by atoms with Crippen LogP contribution in [0.2, 0.25) is 5.02 Å². The van der Waals surface area contributed by atoms with Gasteiger partial charge < -0.3 is 24.6 Å². The lowest BCUT2D eigenvalue weighted by Gasteiger charge is -2.26. The van der Waals surface area contributed by atoms with Crippen molar-refractivity contribution in [3.63, 3.8) is 0 Å². The maximum Gasteiger partial charge on any atom is 0.260 e. The van der Waals surface area contributed by atoms with Crippen LogP contribution in [-0.2, 0) is 25.7 Å². The minimum Gasteiger partial charge on any atom is -0.484 e. The van der Waals surface area contributed by atoms with Gasteiger partial charge in [0, 0.05) is 43.3 Å². The van der Waals surface area contributed by atoms with E-state index in [1.807, 2.05) is 12.1 Å². The van der Waals surface area contributed by atoms with Crippen molar-refractivity contribution in [1.82, 2.24) is 10.2 Å². The zero-order valence-electron chi connectivity index (χ0n) is 18.2. The number of ether oxygens (including phenoxy) is 2. The van der Waals surface area contributed by atoms with E-state index in [4.69, 9.17) is 21.1 Å². The van der Waals surface area contributed by atoms with Gasteiger partial charge in [-0.25, -0.2) is 0 Å². The summed E-state index contributed by atoms with van der Waals surface area (Å²) in [6.07, 6.45) is 0.165. The minimum absolute atomic E-state index is 0.0438. The lowest BCUT2D eigenvalue weighted by molar-refractivity contribution is -0.137. The number of anilines is 1. The highest BCUT2D eigenvalue weighted by molar-refractivity contribution is 6.30. The molecule has 174 valence electrons. The molecule has 33 heavy (non-hydrogen) atoms. The van der Waals surface area contributed by atoms with E-state index in [0.29, 0.717) is 55.9 Å². The first-order valence-corrected chi connectivity index (χ1v) is 11.3. The van der Waals surface area contributed by atoms with Crippen LogP contribution in [0.3, 0.4) is 0 Å². The largest absolute Gasteiger partial charge is 0.484 e. The molecule has 3 amide bonds. The fraction of sp³-hybridized carbons (Fsp3) is 0.375. The molecule has 0 radical (unpaired) electrons. The molecule has 8 nitrogen and oxygen atoms in total. The van der Waals surface area contributed by atoms with E-state index in [0.717, 1.165) is 5.56 Å². The molecule has 2 saturated heterocycles. The molecule has 1 atom stereocenters. The lowest BCUT2D eigenvalue weighted by Crippen LogP contribution is -2.42. The standard InChI is InChI=1S/C24H26ClN3O5/c25-19-3-1-17(2-4-19)14-26-24(31)18-13-22(29)28(15-18)20-5-7-21(8-6-20)33-16-23(30)27-9-11-32-12-10-27/h1-8,18H,9-16H2,(H,26,31)/t18-/m0/s1. The van der Waals surface area contributed by atoms with E-state index >= 15 is 0 Å². The van der Waals surface area contributed by atoms with Crippen LogP contribution in [-0.4, -0.2) is 62.1 Å². The molecule has 2 aliphatic rings. The fourth-order valence-corrected chi connectivity index (χ4v) is 3.97. The first-order valence-electron chi connectivity index (χ1n) is 10.9. The second-order valence-electron chi connectivity index (χ2n) is 8.03. The number of hydrogen-bond acceptors (Lipinski definition) is 5. The molecule has 0 spiro atoms. The third-order valence-electron chi connectivity index (χ3n) is 5.75. The van der Waals surface area contributed by atoms with Crippen LogP contribution in [0, 0.1) is 5.92 Å². The average molecular weight is 472 g/mol. The molecular weight excluding hydrogens is 446 g/mol. The Labute approximate surface area is 197 Å². The van der Waals surface area contributed by atoms with Gasteiger partial charge in [-0.1, -0.05) is 23.7 Å². The quantitative estimate of drug-likeness (QED) is 0.669. The fourth-order valence-electron chi connectivity index (χ4n) is 3.84. The van der Waals surface area contributed by atoms with Crippen molar-refractivity contribution in [2.45, 2.75) is 13.0 Å². The van der Waals surface area contributed by atoms with Gasteiger partial charge in [-0.3, -0.25) is 14.4 Å². The first kappa shape index (κ1) is 23.1. The zero-order chi connectivity index (χ0) is 23.2. The number of nitrogens with one attached hydrogen (secondary N) is 1. The molecule has 2 heterocycles. The van der Waals surface area contributed by atoms with Crippen LogP contribution in [0.25, 0.3) is 0 Å². The number of morpholine rings is 1. The van der Waals surface area contributed by atoms with E-state index in [1.54, 1.807) is 46.2 Å². The molecule has 2 aromatic carbocycles. The number of carbonyl (C=O) groups is 3. The highest BCUT2D eigenvalue weighted by Gasteiger charge is 2.35. The highest BCUT2D eigenvalue weighted by Crippen LogP contribution is 2.27. The Kier molecular flexibility index (Phi) is 7.47. The van der Waals surface area contributed by atoms with Gasteiger partial charge in [-0.05, 0) is 42.0 Å². The molecule has 0 aromatic heterocycles. The van der Waals surface area contributed by atoms with Crippen molar-refractivity contribution in [3.05, 3.63) is 59.1 Å². The Bertz CT molecular complexity index is 990. The number of amides is 3. The molecule has 2 fully saturated rings. The van der Waals surface area contributed by atoms with E-state index in [2.05, 4.69) is 5.32 Å². The summed E-state index contributed by atoms with van der Waals surface area (Å²) in [6, 6.07) is 14.2. The summed E-state index contributed by atoms with van der Waals surface area (Å²) in [5.74, 6) is -0.194. The van der Waals surface area contributed by atoms with Crippen molar-refractivity contribution in [1.29, 1.82) is 0 Å². The molecule has 0 aliphatic carbocycles. The van der Waals surface area contributed by atoms with E-state index in [9.17, 15) is 14.4 Å².